The molecule has 0 saturated carbocycles. The predicted molar refractivity (Wildman–Crippen MR) is 90.8 cm³/mol. The average Bonchev–Trinajstić information content (AvgIpc) is 2.95. The lowest BCUT2D eigenvalue weighted by Crippen LogP contribution is -2.12. The van der Waals surface area contributed by atoms with E-state index < -0.39 is 11.6 Å². The normalized spacial score (nSPS) is 12.9. The minimum atomic E-state index is -0.877. The fraction of sp³-hybridized carbons (Fsp3) is 0.263. The summed E-state index contributed by atoms with van der Waals surface area (Å²) >= 11 is 1.46. The van der Waals surface area contributed by atoms with Gasteiger partial charge in [-0.25, -0.2) is 13.2 Å². The van der Waals surface area contributed by atoms with Gasteiger partial charge in [0, 0.05) is 21.4 Å². The van der Waals surface area contributed by atoms with Crippen LogP contribution in [0.2, 0.25) is 0 Å². The number of rotatable bonds is 5. The summed E-state index contributed by atoms with van der Waals surface area (Å²) in [6.45, 7) is 3.82. The summed E-state index contributed by atoms with van der Waals surface area (Å²) in [5.74, 6) is -2.02. The molecular weight excluding hydrogens is 333 g/mol. The zero-order valence-corrected chi connectivity index (χ0v) is 14.2. The molecule has 2 aromatic carbocycles. The molecule has 0 spiro atoms. The van der Waals surface area contributed by atoms with Crippen molar-refractivity contribution >= 4 is 21.4 Å². The van der Waals surface area contributed by atoms with Crippen LogP contribution in [0.1, 0.15) is 30.4 Å². The number of halogens is 3. The second-order valence-electron chi connectivity index (χ2n) is 5.93. The fourth-order valence-corrected chi connectivity index (χ4v) is 3.74. The molecule has 0 aliphatic carbocycles. The number of hydrogen-bond donors (Lipinski definition) is 0. The largest absolute Gasteiger partial charge is 0.370 e. The molecule has 0 N–H and O–H groups in total. The second kappa shape index (κ2) is 6.95. The van der Waals surface area contributed by atoms with Gasteiger partial charge >= 0.3 is 0 Å². The van der Waals surface area contributed by atoms with Crippen molar-refractivity contribution in [2.24, 2.45) is 0 Å². The molecule has 0 aliphatic heterocycles. The van der Waals surface area contributed by atoms with Crippen molar-refractivity contribution in [3.05, 3.63) is 70.4 Å². The summed E-state index contributed by atoms with van der Waals surface area (Å²) in [5.41, 5.74) is 0.637. The van der Waals surface area contributed by atoms with E-state index in [1.54, 1.807) is 18.2 Å². The molecule has 1 unspecified atom stereocenters. The van der Waals surface area contributed by atoms with Gasteiger partial charge in [0.1, 0.15) is 5.82 Å². The van der Waals surface area contributed by atoms with E-state index in [4.69, 9.17) is 4.74 Å². The van der Waals surface area contributed by atoms with Gasteiger partial charge in [-0.15, -0.1) is 11.3 Å². The Morgan fingerprint density at radius 1 is 0.958 bits per heavy atom. The van der Waals surface area contributed by atoms with E-state index in [2.05, 4.69) is 0 Å². The molecular formula is C19H17F3OS. The van der Waals surface area contributed by atoms with Crippen LogP contribution in [0.4, 0.5) is 13.2 Å². The van der Waals surface area contributed by atoms with Gasteiger partial charge in [0.2, 0.25) is 0 Å². The molecule has 0 aliphatic rings. The molecule has 0 bridgehead atoms. The summed E-state index contributed by atoms with van der Waals surface area (Å²) in [6, 6.07) is 10.6. The summed E-state index contributed by atoms with van der Waals surface area (Å²) in [5, 5.41) is 0.556. The third kappa shape index (κ3) is 3.62. The van der Waals surface area contributed by atoms with Crippen molar-refractivity contribution < 1.29 is 17.9 Å². The Hall–Kier alpha value is -1.85. The second-order valence-corrected chi connectivity index (χ2v) is 7.04. The molecule has 5 heteroatoms. The van der Waals surface area contributed by atoms with Gasteiger partial charge < -0.3 is 4.74 Å². The zero-order valence-electron chi connectivity index (χ0n) is 13.4. The molecule has 3 rings (SSSR count). The van der Waals surface area contributed by atoms with Crippen LogP contribution in [0, 0.1) is 17.5 Å². The molecule has 0 radical (unpaired) electrons. The minimum Gasteiger partial charge on any atom is -0.370 e. The Kier molecular flexibility index (Phi) is 4.92. The van der Waals surface area contributed by atoms with E-state index in [1.807, 2.05) is 19.9 Å². The first-order chi connectivity index (χ1) is 11.4. The highest BCUT2D eigenvalue weighted by atomic mass is 32.1. The number of ether oxygens (including phenoxy) is 1. The molecule has 1 atom stereocenters. The van der Waals surface area contributed by atoms with Crippen molar-refractivity contribution in [2.75, 3.05) is 0 Å². The quantitative estimate of drug-likeness (QED) is 0.546. The zero-order chi connectivity index (χ0) is 17.3. The van der Waals surface area contributed by atoms with E-state index in [9.17, 15) is 13.2 Å². The van der Waals surface area contributed by atoms with Crippen LogP contribution in [-0.4, -0.2) is 6.10 Å². The first-order valence-electron chi connectivity index (χ1n) is 7.71. The van der Waals surface area contributed by atoms with Gasteiger partial charge in [-0.3, -0.25) is 0 Å². The maximum absolute atomic E-state index is 13.9. The summed E-state index contributed by atoms with van der Waals surface area (Å²) in [4.78, 5) is 0.869. The van der Waals surface area contributed by atoms with Crippen molar-refractivity contribution in [3.63, 3.8) is 0 Å². The van der Waals surface area contributed by atoms with Gasteiger partial charge in [-0.2, -0.15) is 0 Å². The Morgan fingerprint density at radius 3 is 2.42 bits per heavy atom. The molecule has 3 aromatic rings. The third-order valence-electron chi connectivity index (χ3n) is 3.69. The SMILES string of the molecule is CC(C)OC(Cc1ccc(F)c(F)c1)c1cc2c(F)cccc2s1. The van der Waals surface area contributed by atoms with E-state index in [0.717, 1.165) is 15.6 Å². The van der Waals surface area contributed by atoms with Gasteiger partial charge in [-0.05, 0) is 49.7 Å². The summed E-state index contributed by atoms with van der Waals surface area (Å²) in [6.07, 6.45) is 0.00566. The molecule has 0 amide bonds. The van der Waals surface area contributed by atoms with E-state index >= 15 is 0 Å². The molecule has 0 fully saturated rings. The number of benzene rings is 2. The van der Waals surface area contributed by atoms with Gasteiger partial charge in [-0.1, -0.05) is 12.1 Å². The average molecular weight is 350 g/mol. The van der Waals surface area contributed by atoms with Crippen molar-refractivity contribution in [1.29, 1.82) is 0 Å². The lowest BCUT2D eigenvalue weighted by Gasteiger charge is -2.19. The first kappa shape index (κ1) is 17.0. The fourth-order valence-electron chi connectivity index (χ4n) is 2.63. The molecule has 126 valence electrons. The Bertz CT molecular complexity index is 857. The number of fused-ring (bicyclic) bond motifs is 1. The van der Waals surface area contributed by atoms with Crippen LogP contribution < -0.4 is 0 Å². The summed E-state index contributed by atoms with van der Waals surface area (Å²) in [7, 11) is 0. The third-order valence-corrected chi connectivity index (χ3v) is 4.88. The highest BCUT2D eigenvalue weighted by molar-refractivity contribution is 7.19. The molecule has 1 aromatic heterocycles. The molecule has 24 heavy (non-hydrogen) atoms. The standard InChI is InChI=1S/C19H17F3OS/c1-11(2)23-17(9-12-6-7-15(21)16(22)8-12)19-10-13-14(20)4-3-5-18(13)24-19/h3-8,10-11,17H,9H2,1-2H3. The maximum Gasteiger partial charge on any atom is 0.159 e. The number of hydrogen-bond acceptors (Lipinski definition) is 2. The highest BCUT2D eigenvalue weighted by Gasteiger charge is 2.19. The van der Waals surface area contributed by atoms with Gasteiger partial charge in [0.05, 0.1) is 12.2 Å². The van der Waals surface area contributed by atoms with Gasteiger partial charge in [0.25, 0.3) is 0 Å². The monoisotopic (exact) mass is 350 g/mol. The Labute approximate surface area is 142 Å². The van der Waals surface area contributed by atoms with E-state index in [1.165, 1.54) is 23.5 Å². The highest BCUT2D eigenvalue weighted by Crippen LogP contribution is 2.35. The number of thiophene rings is 1. The topological polar surface area (TPSA) is 9.23 Å². The van der Waals surface area contributed by atoms with Crippen LogP contribution in [0.15, 0.2) is 42.5 Å². The van der Waals surface area contributed by atoms with E-state index in [-0.39, 0.29) is 18.0 Å². The maximum atomic E-state index is 13.9. The molecule has 1 heterocycles. The van der Waals surface area contributed by atoms with Gasteiger partial charge in [0.15, 0.2) is 11.6 Å². The van der Waals surface area contributed by atoms with Crippen LogP contribution in [0.3, 0.4) is 0 Å². The lowest BCUT2D eigenvalue weighted by atomic mass is 10.1. The lowest BCUT2D eigenvalue weighted by molar-refractivity contribution is 0.00892. The Balaban J connectivity index is 1.95. The predicted octanol–water partition coefficient (Wildman–Crippen LogP) is 6.03. The van der Waals surface area contributed by atoms with Crippen molar-refractivity contribution in [2.45, 2.75) is 32.5 Å². The smallest absolute Gasteiger partial charge is 0.159 e. The Morgan fingerprint density at radius 2 is 1.75 bits per heavy atom. The van der Waals surface area contributed by atoms with Crippen LogP contribution in [0.25, 0.3) is 10.1 Å². The van der Waals surface area contributed by atoms with E-state index in [0.29, 0.717) is 17.4 Å². The molecule has 0 saturated heterocycles. The van der Waals surface area contributed by atoms with Crippen molar-refractivity contribution in [3.8, 4) is 0 Å². The summed E-state index contributed by atoms with van der Waals surface area (Å²) < 4.78 is 47.3. The molecule has 1 nitrogen and oxygen atoms in total. The van der Waals surface area contributed by atoms with Crippen molar-refractivity contribution in [1.82, 2.24) is 0 Å². The minimum absolute atomic E-state index is 0.0460. The van der Waals surface area contributed by atoms with Crippen LogP contribution in [0.5, 0.6) is 0 Å². The van der Waals surface area contributed by atoms with Crippen LogP contribution in [-0.2, 0) is 11.2 Å². The van der Waals surface area contributed by atoms with Crippen LogP contribution >= 0.6 is 11.3 Å². The first-order valence-corrected chi connectivity index (χ1v) is 8.53.